The van der Waals surface area contributed by atoms with Crippen molar-refractivity contribution in [3.05, 3.63) is 46.8 Å². The highest BCUT2D eigenvalue weighted by atomic mass is 19.4. The molecule has 0 saturated heterocycles. The highest BCUT2D eigenvalue weighted by Crippen LogP contribution is 2.43. The van der Waals surface area contributed by atoms with Crippen LogP contribution in [-0.4, -0.2) is 23.0 Å². The van der Waals surface area contributed by atoms with Gasteiger partial charge in [-0.05, 0) is 80.2 Å². The number of aromatic nitrogens is 2. The van der Waals surface area contributed by atoms with Gasteiger partial charge in [0.1, 0.15) is 0 Å². The van der Waals surface area contributed by atoms with E-state index in [2.05, 4.69) is 18.1 Å². The zero-order chi connectivity index (χ0) is 19.7. The first-order chi connectivity index (χ1) is 13.5. The fraction of sp³-hybridized carbons (Fsp3) is 0.591. The topological polar surface area (TPSA) is 27.1 Å². The second-order valence-electron chi connectivity index (χ2n) is 8.12. The van der Waals surface area contributed by atoms with Crippen LogP contribution in [0.25, 0.3) is 5.69 Å². The Balaban J connectivity index is 1.48. The molecule has 1 aromatic heterocycles. The number of fused-ring (bicyclic) bond motifs is 1. The Morgan fingerprint density at radius 3 is 2.61 bits per heavy atom. The molecule has 152 valence electrons. The number of benzene rings is 1. The maximum Gasteiger partial charge on any atom is 0.435 e. The maximum absolute atomic E-state index is 13.2. The SMILES string of the molecule is CCCOCCCC1Cc2ccc(-n3nc(C(F)(F)F)cc3C3CC3)cc2C1. The van der Waals surface area contributed by atoms with Crippen LogP contribution in [0.15, 0.2) is 24.3 Å². The Kier molecular flexibility index (Phi) is 5.50. The quantitative estimate of drug-likeness (QED) is 0.540. The van der Waals surface area contributed by atoms with E-state index < -0.39 is 11.9 Å². The van der Waals surface area contributed by atoms with Gasteiger partial charge in [-0.25, -0.2) is 4.68 Å². The van der Waals surface area contributed by atoms with Crippen molar-refractivity contribution in [2.75, 3.05) is 13.2 Å². The van der Waals surface area contributed by atoms with Crippen LogP contribution in [0.2, 0.25) is 0 Å². The minimum atomic E-state index is -4.41. The van der Waals surface area contributed by atoms with E-state index in [1.165, 1.54) is 21.9 Å². The monoisotopic (exact) mass is 392 g/mol. The van der Waals surface area contributed by atoms with Crippen molar-refractivity contribution in [3.8, 4) is 5.69 Å². The number of nitrogens with zero attached hydrogens (tertiary/aromatic N) is 2. The molecule has 3 nitrogen and oxygen atoms in total. The molecule has 0 spiro atoms. The summed E-state index contributed by atoms with van der Waals surface area (Å²) in [6.07, 6.45) is 2.74. The van der Waals surface area contributed by atoms with Gasteiger partial charge < -0.3 is 4.74 Å². The Morgan fingerprint density at radius 1 is 1.11 bits per heavy atom. The summed E-state index contributed by atoms with van der Waals surface area (Å²) in [4.78, 5) is 0. The molecular weight excluding hydrogens is 365 g/mol. The number of hydrogen-bond acceptors (Lipinski definition) is 2. The molecule has 2 aromatic rings. The molecular formula is C22H27F3N2O. The van der Waals surface area contributed by atoms with E-state index >= 15 is 0 Å². The average Bonchev–Trinajstić information content (AvgIpc) is 3.25. The van der Waals surface area contributed by atoms with Gasteiger partial charge in [0.15, 0.2) is 5.69 Å². The van der Waals surface area contributed by atoms with Gasteiger partial charge >= 0.3 is 6.18 Å². The molecule has 0 aliphatic heterocycles. The van der Waals surface area contributed by atoms with Crippen molar-refractivity contribution >= 4 is 0 Å². The first-order valence-corrected chi connectivity index (χ1v) is 10.3. The fourth-order valence-electron chi connectivity index (χ4n) is 4.16. The summed E-state index contributed by atoms with van der Waals surface area (Å²) in [6.45, 7) is 3.74. The van der Waals surface area contributed by atoms with E-state index in [-0.39, 0.29) is 5.92 Å². The van der Waals surface area contributed by atoms with Gasteiger partial charge in [-0.3, -0.25) is 0 Å². The highest BCUT2D eigenvalue weighted by molar-refractivity contribution is 5.45. The van der Waals surface area contributed by atoms with E-state index in [1.54, 1.807) is 0 Å². The fourth-order valence-corrected chi connectivity index (χ4v) is 4.16. The molecule has 0 amide bonds. The molecule has 1 unspecified atom stereocenters. The van der Waals surface area contributed by atoms with E-state index in [0.29, 0.717) is 11.6 Å². The first kappa shape index (κ1) is 19.5. The van der Waals surface area contributed by atoms with Gasteiger partial charge in [0.05, 0.1) is 5.69 Å². The summed E-state index contributed by atoms with van der Waals surface area (Å²) in [7, 11) is 0. The Labute approximate surface area is 163 Å². The van der Waals surface area contributed by atoms with Crippen molar-refractivity contribution < 1.29 is 17.9 Å². The lowest BCUT2D eigenvalue weighted by Crippen LogP contribution is -2.08. The summed E-state index contributed by atoms with van der Waals surface area (Å²) >= 11 is 0. The molecule has 28 heavy (non-hydrogen) atoms. The molecule has 1 atom stereocenters. The van der Waals surface area contributed by atoms with Crippen LogP contribution in [0.1, 0.15) is 67.5 Å². The van der Waals surface area contributed by atoms with Crippen LogP contribution in [0.5, 0.6) is 0 Å². The highest BCUT2D eigenvalue weighted by Gasteiger charge is 2.38. The summed E-state index contributed by atoms with van der Waals surface area (Å²) in [5.41, 5.74) is 3.22. The van der Waals surface area contributed by atoms with Crippen molar-refractivity contribution in [1.82, 2.24) is 9.78 Å². The number of ether oxygens (including phenoxy) is 1. The number of halogens is 3. The first-order valence-electron chi connectivity index (χ1n) is 10.3. The number of alkyl halides is 3. The van der Waals surface area contributed by atoms with Crippen LogP contribution in [-0.2, 0) is 23.8 Å². The molecule has 6 heteroatoms. The van der Waals surface area contributed by atoms with Crippen molar-refractivity contribution in [3.63, 3.8) is 0 Å². The predicted octanol–water partition coefficient (Wildman–Crippen LogP) is 5.69. The Bertz CT molecular complexity index is 824. The van der Waals surface area contributed by atoms with E-state index in [4.69, 9.17) is 4.74 Å². The smallest absolute Gasteiger partial charge is 0.381 e. The standard InChI is InChI=1S/C22H27F3N2O/c1-2-9-28-10-3-4-15-11-17-7-8-19(13-18(17)12-15)27-20(16-5-6-16)14-21(26-27)22(23,24)25/h7-8,13-16H,2-6,9-12H2,1H3. The summed E-state index contributed by atoms with van der Waals surface area (Å²) in [5, 5.41) is 3.91. The molecule has 1 saturated carbocycles. The summed E-state index contributed by atoms with van der Waals surface area (Å²) < 4.78 is 46.6. The van der Waals surface area contributed by atoms with Gasteiger partial charge in [0.25, 0.3) is 0 Å². The number of rotatable bonds is 8. The molecule has 2 aliphatic rings. The summed E-state index contributed by atoms with van der Waals surface area (Å²) in [6, 6.07) is 7.26. The maximum atomic E-state index is 13.2. The molecule has 1 heterocycles. The molecule has 4 rings (SSSR count). The van der Waals surface area contributed by atoms with Crippen molar-refractivity contribution in [2.45, 2.75) is 64.0 Å². The minimum absolute atomic E-state index is 0.202. The van der Waals surface area contributed by atoms with Crippen LogP contribution in [0, 0.1) is 5.92 Å². The number of hydrogen-bond donors (Lipinski definition) is 0. The minimum Gasteiger partial charge on any atom is -0.381 e. The van der Waals surface area contributed by atoms with Gasteiger partial charge in [-0.1, -0.05) is 13.0 Å². The molecule has 0 N–H and O–H groups in total. The third-order valence-corrected chi connectivity index (χ3v) is 5.72. The lowest BCUT2D eigenvalue weighted by Gasteiger charge is -2.09. The lowest BCUT2D eigenvalue weighted by molar-refractivity contribution is -0.141. The second-order valence-corrected chi connectivity index (χ2v) is 8.12. The lowest BCUT2D eigenvalue weighted by atomic mass is 10.0. The zero-order valence-corrected chi connectivity index (χ0v) is 16.3. The van der Waals surface area contributed by atoms with Crippen molar-refractivity contribution in [1.29, 1.82) is 0 Å². The van der Waals surface area contributed by atoms with Gasteiger partial charge in [0.2, 0.25) is 0 Å². The Morgan fingerprint density at radius 2 is 1.89 bits per heavy atom. The molecule has 1 aromatic carbocycles. The van der Waals surface area contributed by atoms with Crippen LogP contribution < -0.4 is 0 Å². The molecule has 2 aliphatic carbocycles. The zero-order valence-electron chi connectivity index (χ0n) is 16.3. The average molecular weight is 392 g/mol. The van der Waals surface area contributed by atoms with E-state index in [0.717, 1.165) is 63.8 Å². The van der Waals surface area contributed by atoms with E-state index in [1.807, 2.05) is 12.1 Å². The van der Waals surface area contributed by atoms with Gasteiger partial charge in [0, 0.05) is 24.8 Å². The normalized spacial score (nSPS) is 19.2. The largest absolute Gasteiger partial charge is 0.435 e. The van der Waals surface area contributed by atoms with Crippen LogP contribution in [0.3, 0.4) is 0 Å². The third kappa shape index (κ3) is 4.27. The van der Waals surface area contributed by atoms with Gasteiger partial charge in [-0.2, -0.15) is 18.3 Å². The van der Waals surface area contributed by atoms with Gasteiger partial charge in [-0.15, -0.1) is 0 Å². The third-order valence-electron chi connectivity index (χ3n) is 5.72. The molecule has 0 radical (unpaired) electrons. The molecule has 1 fully saturated rings. The van der Waals surface area contributed by atoms with Crippen LogP contribution in [0.4, 0.5) is 13.2 Å². The van der Waals surface area contributed by atoms with Crippen molar-refractivity contribution in [2.24, 2.45) is 5.92 Å². The predicted molar refractivity (Wildman–Crippen MR) is 102 cm³/mol. The summed E-state index contributed by atoms with van der Waals surface area (Å²) in [5.74, 6) is 0.800. The van der Waals surface area contributed by atoms with E-state index in [9.17, 15) is 13.2 Å². The second kappa shape index (κ2) is 7.90. The van der Waals surface area contributed by atoms with Crippen LogP contribution >= 0.6 is 0 Å². The molecule has 0 bridgehead atoms. The Hall–Kier alpha value is -1.82.